The molecule has 6 nitrogen and oxygen atoms in total. The number of methoxy groups -OCH3 is 1. The number of halogens is 1. The molecule has 0 aliphatic heterocycles. The minimum absolute atomic E-state index is 0.430. The average molecular weight is 467 g/mol. The Kier molecular flexibility index (Phi) is 6.78. The van der Waals surface area contributed by atoms with Gasteiger partial charge in [-0.15, -0.1) is 0 Å². The molecule has 0 atom stereocenters. The number of H-pyrrole nitrogens is 1. The van der Waals surface area contributed by atoms with Crippen LogP contribution in [0.4, 0.5) is 0 Å². The predicted octanol–water partition coefficient (Wildman–Crippen LogP) is 5.90. The SMILES string of the molecule is COc1ccccc1-c1n[nH]c(=S)n1NCc1cc(Cl)ccc1OCc1ccccc1C. The molecule has 0 radical (unpaired) electrons. The lowest BCUT2D eigenvalue weighted by molar-refractivity contribution is 0.302. The number of aromatic amines is 1. The third-order valence-electron chi connectivity index (χ3n) is 5.11. The molecule has 1 aromatic heterocycles. The van der Waals surface area contributed by atoms with Crippen LogP contribution in [0.25, 0.3) is 11.4 Å². The summed E-state index contributed by atoms with van der Waals surface area (Å²) in [6.07, 6.45) is 0. The highest BCUT2D eigenvalue weighted by molar-refractivity contribution is 7.71. The lowest BCUT2D eigenvalue weighted by Crippen LogP contribution is -2.17. The van der Waals surface area contributed by atoms with Gasteiger partial charge in [0.1, 0.15) is 18.1 Å². The number of nitrogens with one attached hydrogen (secondary N) is 2. The van der Waals surface area contributed by atoms with Crippen LogP contribution in [0, 0.1) is 11.7 Å². The molecule has 0 fully saturated rings. The van der Waals surface area contributed by atoms with Crippen LogP contribution >= 0.6 is 23.8 Å². The average Bonchev–Trinajstić information content (AvgIpc) is 3.18. The Bertz CT molecular complexity index is 1280. The molecule has 0 unspecified atom stereocenters. The van der Waals surface area contributed by atoms with Gasteiger partial charge in [0.05, 0.1) is 19.2 Å². The van der Waals surface area contributed by atoms with Crippen molar-refractivity contribution in [2.75, 3.05) is 12.5 Å². The number of nitrogens with zero attached hydrogens (tertiary/aromatic N) is 2. The van der Waals surface area contributed by atoms with Crippen molar-refractivity contribution in [2.45, 2.75) is 20.1 Å². The Morgan fingerprint density at radius 1 is 1.03 bits per heavy atom. The maximum atomic E-state index is 6.27. The first kappa shape index (κ1) is 21.9. The first-order valence-electron chi connectivity index (χ1n) is 10.1. The van der Waals surface area contributed by atoms with Gasteiger partial charge in [0.25, 0.3) is 0 Å². The van der Waals surface area contributed by atoms with E-state index in [9.17, 15) is 0 Å². The molecular formula is C24H23ClN4O2S. The first-order valence-corrected chi connectivity index (χ1v) is 10.9. The van der Waals surface area contributed by atoms with E-state index in [2.05, 4.69) is 34.7 Å². The first-order chi connectivity index (χ1) is 15.6. The van der Waals surface area contributed by atoms with E-state index in [1.165, 1.54) is 5.56 Å². The molecule has 4 rings (SSSR count). The van der Waals surface area contributed by atoms with Gasteiger partial charge in [-0.05, 0) is 60.6 Å². The van der Waals surface area contributed by atoms with Crippen LogP contribution in [0.2, 0.25) is 5.02 Å². The quantitative estimate of drug-likeness (QED) is 0.316. The van der Waals surface area contributed by atoms with Crippen molar-refractivity contribution in [3.8, 4) is 22.9 Å². The molecule has 0 saturated carbocycles. The van der Waals surface area contributed by atoms with E-state index in [1.807, 2.05) is 54.6 Å². The fraction of sp³-hybridized carbons (Fsp3) is 0.167. The summed E-state index contributed by atoms with van der Waals surface area (Å²) >= 11 is 11.7. The number of rotatable bonds is 8. The van der Waals surface area contributed by atoms with Crippen LogP contribution in [-0.2, 0) is 13.2 Å². The second kappa shape index (κ2) is 9.89. The summed E-state index contributed by atoms with van der Waals surface area (Å²) in [5.74, 6) is 2.07. The van der Waals surface area contributed by atoms with E-state index in [0.29, 0.717) is 34.5 Å². The molecule has 0 aliphatic rings. The van der Waals surface area contributed by atoms with Gasteiger partial charge in [-0.3, -0.25) is 0 Å². The minimum atomic E-state index is 0.430. The van der Waals surface area contributed by atoms with Crippen molar-refractivity contribution in [1.82, 2.24) is 14.9 Å². The van der Waals surface area contributed by atoms with Gasteiger partial charge < -0.3 is 14.9 Å². The van der Waals surface area contributed by atoms with E-state index < -0.39 is 0 Å². The fourth-order valence-corrected chi connectivity index (χ4v) is 3.76. The Balaban J connectivity index is 1.57. The van der Waals surface area contributed by atoms with Gasteiger partial charge in [0, 0.05) is 10.6 Å². The zero-order valence-electron chi connectivity index (χ0n) is 17.8. The Labute approximate surface area is 196 Å². The summed E-state index contributed by atoms with van der Waals surface area (Å²) in [5.41, 5.74) is 7.37. The Hall–Kier alpha value is -3.29. The summed E-state index contributed by atoms with van der Waals surface area (Å²) < 4.78 is 13.8. The van der Waals surface area contributed by atoms with Crippen LogP contribution in [0.15, 0.2) is 66.7 Å². The summed E-state index contributed by atoms with van der Waals surface area (Å²) in [6, 6.07) is 21.4. The molecular weight excluding hydrogens is 444 g/mol. The Morgan fingerprint density at radius 2 is 1.81 bits per heavy atom. The van der Waals surface area contributed by atoms with Crippen molar-refractivity contribution in [1.29, 1.82) is 0 Å². The summed E-state index contributed by atoms with van der Waals surface area (Å²) in [7, 11) is 1.63. The standard InChI is InChI=1S/C24H23ClN4O2S/c1-16-7-3-4-8-17(16)15-31-21-12-11-19(25)13-18(21)14-26-29-23(27-28-24(29)32)20-9-5-6-10-22(20)30-2/h3-13,26H,14-15H2,1-2H3,(H,28,32). The van der Waals surface area contributed by atoms with Crippen molar-refractivity contribution >= 4 is 23.8 Å². The van der Waals surface area contributed by atoms with Crippen LogP contribution < -0.4 is 14.9 Å². The van der Waals surface area contributed by atoms with Crippen LogP contribution in [0.1, 0.15) is 16.7 Å². The maximum Gasteiger partial charge on any atom is 0.214 e. The van der Waals surface area contributed by atoms with Gasteiger partial charge in [0.2, 0.25) is 4.77 Å². The number of ether oxygens (including phenoxy) is 2. The smallest absolute Gasteiger partial charge is 0.214 e. The van der Waals surface area contributed by atoms with Gasteiger partial charge in [-0.1, -0.05) is 48.0 Å². The third-order valence-corrected chi connectivity index (χ3v) is 5.62. The van der Waals surface area contributed by atoms with Gasteiger partial charge in [-0.2, -0.15) is 5.10 Å². The predicted molar refractivity (Wildman–Crippen MR) is 129 cm³/mol. The molecule has 3 aromatic carbocycles. The molecule has 0 amide bonds. The molecule has 2 N–H and O–H groups in total. The normalized spacial score (nSPS) is 10.7. The number of aromatic nitrogens is 3. The molecule has 32 heavy (non-hydrogen) atoms. The molecule has 0 spiro atoms. The maximum absolute atomic E-state index is 6.27. The van der Waals surface area contributed by atoms with Crippen molar-refractivity contribution < 1.29 is 9.47 Å². The van der Waals surface area contributed by atoms with E-state index >= 15 is 0 Å². The van der Waals surface area contributed by atoms with Crippen LogP contribution in [0.3, 0.4) is 0 Å². The highest BCUT2D eigenvalue weighted by atomic mass is 35.5. The lowest BCUT2D eigenvalue weighted by atomic mass is 10.1. The van der Waals surface area contributed by atoms with Crippen molar-refractivity contribution in [3.05, 3.63) is 93.2 Å². The minimum Gasteiger partial charge on any atom is -0.496 e. The van der Waals surface area contributed by atoms with E-state index in [-0.39, 0.29) is 0 Å². The second-order valence-electron chi connectivity index (χ2n) is 7.19. The monoisotopic (exact) mass is 466 g/mol. The highest BCUT2D eigenvalue weighted by Crippen LogP contribution is 2.28. The summed E-state index contributed by atoms with van der Waals surface area (Å²) in [6.45, 7) is 2.97. The number of hydrogen-bond donors (Lipinski definition) is 2. The molecule has 164 valence electrons. The van der Waals surface area contributed by atoms with Crippen molar-refractivity contribution in [3.63, 3.8) is 0 Å². The fourth-order valence-electron chi connectivity index (χ4n) is 3.37. The molecule has 4 aromatic rings. The largest absolute Gasteiger partial charge is 0.496 e. The number of aryl methyl sites for hydroxylation is 1. The summed E-state index contributed by atoms with van der Waals surface area (Å²) in [4.78, 5) is 0. The highest BCUT2D eigenvalue weighted by Gasteiger charge is 2.14. The molecule has 0 saturated heterocycles. The Morgan fingerprint density at radius 3 is 2.62 bits per heavy atom. The molecule has 0 aliphatic carbocycles. The van der Waals surface area contributed by atoms with Crippen molar-refractivity contribution in [2.24, 2.45) is 0 Å². The topological polar surface area (TPSA) is 64.1 Å². The van der Waals surface area contributed by atoms with Gasteiger partial charge in [0.15, 0.2) is 5.82 Å². The van der Waals surface area contributed by atoms with Gasteiger partial charge >= 0.3 is 0 Å². The summed E-state index contributed by atoms with van der Waals surface area (Å²) in [5, 5.41) is 7.85. The number of hydrogen-bond acceptors (Lipinski definition) is 5. The number of benzene rings is 3. The molecule has 8 heteroatoms. The van der Waals surface area contributed by atoms with E-state index in [4.69, 9.17) is 33.3 Å². The second-order valence-corrected chi connectivity index (χ2v) is 8.01. The van der Waals surface area contributed by atoms with E-state index in [1.54, 1.807) is 11.8 Å². The van der Waals surface area contributed by atoms with Crippen LogP contribution in [0.5, 0.6) is 11.5 Å². The van der Waals surface area contributed by atoms with E-state index in [0.717, 1.165) is 22.4 Å². The zero-order valence-corrected chi connectivity index (χ0v) is 19.3. The third kappa shape index (κ3) is 4.79. The molecule has 0 bridgehead atoms. The lowest BCUT2D eigenvalue weighted by Gasteiger charge is -2.16. The van der Waals surface area contributed by atoms with Crippen LogP contribution in [-0.4, -0.2) is 22.0 Å². The zero-order chi connectivity index (χ0) is 22.5. The number of para-hydroxylation sites is 1. The molecule has 1 heterocycles. The van der Waals surface area contributed by atoms with Gasteiger partial charge in [-0.25, -0.2) is 9.77 Å².